The second-order valence-corrected chi connectivity index (χ2v) is 7.15. The third-order valence-electron chi connectivity index (χ3n) is 4.44. The first-order valence-corrected chi connectivity index (χ1v) is 9.02. The number of hydrogen-bond acceptors (Lipinski definition) is 6. The average Bonchev–Trinajstić information content (AvgIpc) is 3.25. The molecule has 0 unspecified atom stereocenters. The first-order chi connectivity index (χ1) is 11.7. The molecular formula is C17H25Cl2N3O3S. The Morgan fingerprint density at radius 3 is 2.85 bits per heavy atom. The zero-order chi connectivity index (χ0) is 16.8. The maximum Gasteiger partial charge on any atom is 0.226 e. The van der Waals surface area contributed by atoms with Crippen LogP contribution in [0.4, 0.5) is 0 Å². The maximum absolute atomic E-state index is 12.3. The Morgan fingerprint density at radius 2 is 2.19 bits per heavy atom. The second kappa shape index (κ2) is 10.9. The van der Waals surface area contributed by atoms with E-state index in [1.807, 2.05) is 11.4 Å². The van der Waals surface area contributed by atoms with Crippen LogP contribution in [0.5, 0.6) is 0 Å². The largest absolute Gasteiger partial charge is 0.472 e. The van der Waals surface area contributed by atoms with Crippen LogP contribution in [-0.4, -0.2) is 44.2 Å². The van der Waals surface area contributed by atoms with Gasteiger partial charge in [0.25, 0.3) is 0 Å². The van der Waals surface area contributed by atoms with E-state index < -0.39 is 0 Å². The van der Waals surface area contributed by atoms with Crippen LogP contribution in [0.1, 0.15) is 18.5 Å². The number of methoxy groups -OCH3 is 1. The summed E-state index contributed by atoms with van der Waals surface area (Å²) in [4.78, 5) is 16.8. The molecule has 1 amide bonds. The lowest BCUT2D eigenvalue weighted by atomic mass is 9.79. The first-order valence-electron chi connectivity index (χ1n) is 8.14. The number of halogens is 2. The summed E-state index contributed by atoms with van der Waals surface area (Å²) in [6.45, 7) is 3.27. The Labute approximate surface area is 169 Å². The van der Waals surface area contributed by atoms with E-state index in [0.29, 0.717) is 19.6 Å². The van der Waals surface area contributed by atoms with Crippen LogP contribution in [0.2, 0.25) is 0 Å². The fraction of sp³-hybridized carbons (Fsp3) is 0.529. The van der Waals surface area contributed by atoms with E-state index in [1.165, 1.54) is 11.3 Å². The number of aromatic nitrogens is 1. The van der Waals surface area contributed by atoms with Gasteiger partial charge in [-0.05, 0) is 32.0 Å². The molecule has 2 N–H and O–H groups in total. The van der Waals surface area contributed by atoms with Crippen LogP contribution in [0.3, 0.4) is 0 Å². The molecule has 0 saturated carbocycles. The average molecular weight is 422 g/mol. The molecule has 0 aliphatic carbocycles. The smallest absolute Gasteiger partial charge is 0.226 e. The van der Waals surface area contributed by atoms with Crippen molar-refractivity contribution in [3.63, 3.8) is 0 Å². The number of thiazole rings is 1. The van der Waals surface area contributed by atoms with Gasteiger partial charge in [-0.1, -0.05) is 0 Å². The summed E-state index contributed by atoms with van der Waals surface area (Å²) in [7, 11) is 1.72. The summed E-state index contributed by atoms with van der Waals surface area (Å²) >= 11 is 1.52. The molecule has 0 bridgehead atoms. The first kappa shape index (κ1) is 22.9. The normalized spacial score (nSPS) is 15.6. The van der Waals surface area contributed by atoms with E-state index >= 15 is 0 Å². The molecule has 6 nitrogen and oxygen atoms in total. The lowest BCUT2D eigenvalue weighted by molar-refractivity contribution is -0.121. The Kier molecular flexibility index (Phi) is 9.60. The highest BCUT2D eigenvalue weighted by atomic mass is 35.5. The minimum Gasteiger partial charge on any atom is -0.472 e. The van der Waals surface area contributed by atoms with Crippen LogP contribution >= 0.6 is 36.2 Å². The zero-order valence-corrected chi connectivity index (χ0v) is 17.1. The van der Waals surface area contributed by atoms with E-state index in [4.69, 9.17) is 9.15 Å². The van der Waals surface area contributed by atoms with Gasteiger partial charge in [0.05, 0.1) is 25.0 Å². The molecule has 0 aromatic carbocycles. The van der Waals surface area contributed by atoms with Gasteiger partial charge in [0.1, 0.15) is 11.3 Å². The number of rotatable bonds is 7. The topological polar surface area (TPSA) is 76.4 Å². The lowest BCUT2D eigenvalue weighted by Crippen LogP contribution is -2.47. The van der Waals surface area contributed by atoms with Gasteiger partial charge in [-0.25, -0.2) is 4.98 Å². The highest BCUT2D eigenvalue weighted by Gasteiger charge is 2.32. The molecule has 1 fully saturated rings. The van der Waals surface area contributed by atoms with Gasteiger partial charge in [0.15, 0.2) is 0 Å². The van der Waals surface area contributed by atoms with Crippen molar-refractivity contribution in [2.75, 3.05) is 33.4 Å². The highest BCUT2D eigenvalue weighted by molar-refractivity contribution is 7.13. The number of nitrogens with one attached hydrogen (secondary N) is 2. The van der Waals surface area contributed by atoms with Gasteiger partial charge < -0.3 is 19.8 Å². The van der Waals surface area contributed by atoms with Crippen LogP contribution < -0.4 is 10.6 Å². The van der Waals surface area contributed by atoms with Crippen molar-refractivity contribution in [2.45, 2.75) is 19.3 Å². The molecule has 26 heavy (non-hydrogen) atoms. The van der Waals surface area contributed by atoms with Gasteiger partial charge in [-0.15, -0.1) is 36.2 Å². The maximum atomic E-state index is 12.3. The van der Waals surface area contributed by atoms with Crippen LogP contribution in [0.15, 0.2) is 28.4 Å². The Bertz CT molecular complexity index is 653. The van der Waals surface area contributed by atoms with Crippen molar-refractivity contribution in [3.05, 3.63) is 29.7 Å². The molecule has 1 aliphatic rings. The summed E-state index contributed by atoms with van der Waals surface area (Å²) in [5.41, 5.74) is 1.78. The van der Waals surface area contributed by atoms with E-state index in [1.54, 1.807) is 19.6 Å². The van der Waals surface area contributed by atoms with Crippen LogP contribution in [0.25, 0.3) is 10.6 Å². The molecule has 0 spiro atoms. The molecule has 0 radical (unpaired) electrons. The molecule has 2 aromatic rings. The highest BCUT2D eigenvalue weighted by Crippen LogP contribution is 2.28. The number of ether oxygens (including phenoxy) is 1. The Balaban J connectivity index is 0.00000169. The van der Waals surface area contributed by atoms with Gasteiger partial charge in [0, 0.05) is 30.0 Å². The van der Waals surface area contributed by atoms with Crippen molar-refractivity contribution in [1.82, 2.24) is 15.6 Å². The van der Waals surface area contributed by atoms with E-state index in [2.05, 4.69) is 15.6 Å². The van der Waals surface area contributed by atoms with Gasteiger partial charge >= 0.3 is 0 Å². The van der Waals surface area contributed by atoms with Gasteiger partial charge in [-0.2, -0.15) is 0 Å². The molecular weight excluding hydrogens is 397 g/mol. The van der Waals surface area contributed by atoms with Crippen molar-refractivity contribution < 1.29 is 13.9 Å². The molecule has 9 heteroatoms. The predicted octanol–water partition coefficient (Wildman–Crippen LogP) is 2.92. The number of furan rings is 1. The van der Waals surface area contributed by atoms with Crippen LogP contribution in [-0.2, 0) is 16.0 Å². The molecule has 0 atom stereocenters. The third-order valence-corrected chi connectivity index (χ3v) is 5.38. The number of carbonyl (C=O) groups is 1. The molecule has 1 saturated heterocycles. The summed E-state index contributed by atoms with van der Waals surface area (Å²) in [5.74, 6) is 0.00746. The fourth-order valence-electron chi connectivity index (χ4n) is 3.06. The van der Waals surface area contributed by atoms with E-state index in [-0.39, 0.29) is 36.1 Å². The number of amides is 1. The van der Waals surface area contributed by atoms with Crippen molar-refractivity contribution in [2.24, 2.45) is 5.41 Å². The second-order valence-electron chi connectivity index (χ2n) is 6.29. The standard InChI is InChI=1S/C17H23N3O3S.2ClH/c1-22-12-17(3-5-18-6-4-17)11-19-15(21)8-14-10-24-16(20-14)13-2-7-23-9-13;;/h2,7,9-10,18H,3-6,8,11-12H2,1H3,(H,19,21);2*1H. The van der Waals surface area contributed by atoms with Crippen LogP contribution in [0, 0.1) is 5.41 Å². The monoisotopic (exact) mass is 421 g/mol. The molecule has 3 heterocycles. The Hall–Kier alpha value is -1.12. The van der Waals surface area contributed by atoms with Gasteiger partial charge in [-0.3, -0.25) is 4.79 Å². The number of nitrogens with zero attached hydrogens (tertiary/aromatic N) is 1. The SMILES string of the molecule is COCC1(CNC(=O)Cc2csc(-c3ccoc3)n2)CCNCC1.Cl.Cl. The number of hydrogen-bond donors (Lipinski definition) is 2. The molecule has 146 valence electrons. The lowest BCUT2D eigenvalue weighted by Gasteiger charge is -2.37. The van der Waals surface area contributed by atoms with Crippen molar-refractivity contribution in [3.8, 4) is 10.6 Å². The number of carbonyl (C=O) groups excluding carboxylic acids is 1. The summed E-state index contributed by atoms with van der Waals surface area (Å²) in [6.07, 6.45) is 5.62. The van der Waals surface area contributed by atoms with Gasteiger partial charge in [0.2, 0.25) is 5.91 Å². The zero-order valence-electron chi connectivity index (χ0n) is 14.7. The van der Waals surface area contributed by atoms with E-state index in [9.17, 15) is 4.79 Å². The summed E-state index contributed by atoms with van der Waals surface area (Å²) in [5, 5.41) is 9.23. The van der Waals surface area contributed by atoms with Crippen molar-refractivity contribution in [1.29, 1.82) is 0 Å². The number of piperidine rings is 1. The summed E-state index contributed by atoms with van der Waals surface area (Å²) in [6, 6.07) is 1.87. The molecule has 2 aromatic heterocycles. The molecule has 1 aliphatic heterocycles. The fourth-order valence-corrected chi connectivity index (χ4v) is 3.86. The third kappa shape index (κ3) is 5.96. The van der Waals surface area contributed by atoms with E-state index in [0.717, 1.165) is 42.2 Å². The quantitative estimate of drug-likeness (QED) is 0.718. The molecule has 3 rings (SSSR count). The minimum absolute atomic E-state index is 0. The predicted molar refractivity (Wildman–Crippen MR) is 107 cm³/mol. The minimum atomic E-state index is 0. The summed E-state index contributed by atoms with van der Waals surface area (Å²) < 4.78 is 10.5. The van der Waals surface area contributed by atoms with Crippen molar-refractivity contribution >= 4 is 42.1 Å². The Morgan fingerprint density at radius 1 is 1.42 bits per heavy atom.